The highest BCUT2D eigenvalue weighted by Crippen LogP contribution is 2.41. The summed E-state index contributed by atoms with van der Waals surface area (Å²) in [5, 5.41) is 3.27. The molecule has 1 aliphatic heterocycles. The molecule has 1 saturated heterocycles. The molecule has 1 radical (unpaired) electrons. The average Bonchev–Trinajstić information content (AvgIpc) is 2.71. The number of rotatable bonds is 1. The smallest absolute Gasteiger partial charge is 0.0224 e. The summed E-state index contributed by atoms with van der Waals surface area (Å²) in [6, 6.07) is 0. The van der Waals surface area contributed by atoms with Gasteiger partial charge >= 0.3 is 0 Å². The molecule has 2 fully saturated rings. The molecular weight excluding hydrogens is 110 g/mol. The molecule has 1 aliphatic carbocycles. The molecule has 1 atom stereocenters. The van der Waals surface area contributed by atoms with Crippen molar-refractivity contribution in [2.45, 2.75) is 25.7 Å². The molecule has 0 aromatic heterocycles. The van der Waals surface area contributed by atoms with Crippen molar-refractivity contribution in [2.75, 3.05) is 6.54 Å². The first-order valence-electron chi connectivity index (χ1n) is 4.02. The van der Waals surface area contributed by atoms with E-state index in [0.717, 1.165) is 11.8 Å². The zero-order chi connectivity index (χ0) is 6.10. The lowest BCUT2D eigenvalue weighted by molar-refractivity contribution is 0.369. The van der Waals surface area contributed by atoms with E-state index in [2.05, 4.69) is 11.9 Å². The Labute approximate surface area is 56.8 Å². The summed E-state index contributed by atoms with van der Waals surface area (Å²) in [7, 11) is 0. The molecule has 0 amide bonds. The second-order valence-electron chi connectivity index (χ2n) is 3.28. The molecule has 51 valence electrons. The van der Waals surface area contributed by atoms with Crippen LogP contribution in [0.5, 0.6) is 0 Å². The van der Waals surface area contributed by atoms with Crippen molar-refractivity contribution in [3.63, 3.8) is 0 Å². The zero-order valence-electron chi connectivity index (χ0n) is 5.77. The van der Waals surface area contributed by atoms with Crippen LogP contribution in [-0.2, 0) is 0 Å². The topological polar surface area (TPSA) is 12.0 Å². The molecule has 1 unspecified atom stereocenters. The van der Waals surface area contributed by atoms with Gasteiger partial charge in [0.25, 0.3) is 0 Å². The largest absolute Gasteiger partial charge is 0.312 e. The van der Waals surface area contributed by atoms with Gasteiger partial charge in [-0.15, -0.1) is 0 Å². The van der Waals surface area contributed by atoms with E-state index in [1.807, 2.05) is 0 Å². The van der Waals surface area contributed by atoms with Gasteiger partial charge in [0.2, 0.25) is 0 Å². The van der Waals surface area contributed by atoms with Crippen LogP contribution >= 0.6 is 0 Å². The van der Waals surface area contributed by atoms with E-state index in [-0.39, 0.29) is 0 Å². The van der Waals surface area contributed by atoms with E-state index in [9.17, 15) is 0 Å². The maximum Gasteiger partial charge on any atom is 0.0224 e. The summed E-state index contributed by atoms with van der Waals surface area (Å²) in [4.78, 5) is 0. The first-order chi connectivity index (χ1) is 4.47. The standard InChI is InChI=1S/C8H14N/c1-2-7(1)8-3-5-9-6-4-8/h5,7-9H,1-4,6H2. The Morgan fingerprint density at radius 1 is 1.11 bits per heavy atom. The van der Waals surface area contributed by atoms with Gasteiger partial charge in [-0.25, -0.2) is 0 Å². The van der Waals surface area contributed by atoms with Crippen molar-refractivity contribution in [3.8, 4) is 0 Å². The van der Waals surface area contributed by atoms with Crippen molar-refractivity contribution in [2.24, 2.45) is 11.8 Å². The molecule has 0 aromatic carbocycles. The molecule has 2 aliphatic rings. The Balaban J connectivity index is 1.80. The van der Waals surface area contributed by atoms with Crippen molar-refractivity contribution in [1.29, 1.82) is 0 Å². The van der Waals surface area contributed by atoms with Crippen LogP contribution in [0.1, 0.15) is 25.7 Å². The summed E-state index contributed by atoms with van der Waals surface area (Å²) in [5.41, 5.74) is 0. The highest BCUT2D eigenvalue weighted by molar-refractivity contribution is 4.87. The monoisotopic (exact) mass is 124 g/mol. The maximum atomic E-state index is 3.27. The molecule has 0 spiro atoms. The van der Waals surface area contributed by atoms with Gasteiger partial charge in [0, 0.05) is 6.54 Å². The molecule has 1 saturated carbocycles. The summed E-state index contributed by atoms with van der Waals surface area (Å²) < 4.78 is 0. The molecule has 1 N–H and O–H groups in total. The second kappa shape index (κ2) is 2.30. The highest BCUT2D eigenvalue weighted by Gasteiger charge is 2.31. The van der Waals surface area contributed by atoms with Crippen molar-refractivity contribution in [1.82, 2.24) is 5.32 Å². The van der Waals surface area contributed by atoms with Gasteiger partial charge in [-0.1, -0.05) is 0 Å². The third-order valence-electron chi connectivity index (χ3n) is 2.51. The summed E-state index contributed by atoms with van der Waals surface area (Å²) in [5.74, 6) is 2.16. The Kier molecular flexibility index (Phi) is 1.46. The minimum absolute atomic E-state index is 1.05. The van der Waals surface area contributed by atoms with Crippen molar-refractivity contribution < 1.29 is 0 Å². The highest BCUT2D eigenvalue weighted by atomic mass is 14.9. The Morgan fingerprint density at radius 2 is 2.00 bits per heavy atom. The number of hydrogen-bond donors (Lipinski definition) is 1. The number of piperidine rings is 1. The maximum absolute atomic E-state index is 3.27. The van der Waals surface area contributed by atoms with Gasteiger partial charge in [-0.05, 0) is 44.1 Å². The first-order valence-corrected chi connectivity index (χ1v) is 4.02. The summed E-state index contributed by atoms with van der Waals surface area (Å²) in [6.07, 6.45) is 5.77. The molecule has 9 heavy (non-hydrogen) atoms. The van der Waals surface area contributed by atoms with Crippen LogP contribution in [0.15, 0.2) is 0 Å². The first kappa shape index (κ1) is 5.72. The molecule has 1 nitrogen and oxygen atoms in total. The van der Waals surface area contributed by atoms with Crippen LogP contribution in [0.4, 0.5) is 0 Å². The van der Waals surface area contributed by atoms with Crippen molar-refractivity contribution >= 4 is 0 Å². The lowest BCUT2D eigenvalue weighted by Crippen LogP contribution is -2.24. The Morgan fingerprint density at radius 3 is 2.56 bits per heavy atom. The Bertz CT molecular complexity index is 90.7. The second-order valence-corrected chi connectivity index (χ2v) is 3.28. The van der Waals surface area contributed by atoms with Gasteiger partial charge in [-0.2, -0.15) is 0 Å². The predicted octanol–water partition coefficient (Wildman–Crippen LogP) is 1.56. The minimum atomic E-state index is 1.05. The Hall–Kier alpha value is -0.0400. The molecule has 0 aromatic rings. The van der Waals surface area contributed by atoms with E-state index < -0.39 is 0 Å². The average molecular weight is 124 g/mol. The third kappa shape index (κ3) is 1.26. The molecular formula is C8H14N. The van der Waals surface area contributed by atoms with Gasteiger partial charge in [0.05, 0.1) is 0 Å². The quantitative estimate of drug-likeness (QED) is 0.559. The van der Waals surface area contributed by atoms with Crippen LogP contribution in [0.3, 0.4) is 0 Å². The van der Waals surface area contributed by atoms with Crippen LogP contribution in [0.25, 0.3) is 0 Å². The zero-order valence-corrected chi connectivity index (χ0v) is 5.77. The van der Waals surface area contributed by atoms with E-state index >= 15 is 0 Å². The van der Waals surface area contributed by atoms with Crippen molar-refractivity contribution in [3.05, 3.63) is 6.54 Å². The fourth-order valence-corrected chi connectivity index (χ4v) is 1.72. The fourth-order valence-electron chi connectivity index (χ4n) is 1.72. The molecule has 2 rings (SSSR count). The summed E-state index contributed by atoms with van der Waals surface area (Å²) in [6.45, 7) is 3.47. The van der Waals surface area contributed by atoms with Gasteiger partial charge < -0.3 is 5.32 Å². The van der Waals surface area contributed by atoms with Gasteiger partial charge in [0.15, 0.2) is 0 Å². The van der Waals surface area contributed by atoms with Crippen LogP contribution in [-0.4, -0.2) is 6.54 Å². The molecule has 1 heteroatoms. The van der Waals surface area contributed by atoms with E-state index in [4.69, 9.17) is 0 Å². The number of nitrogens with one attached hydrogen (secondary N) is 1. The van der Waals surface area contributed by atoms with E-state index in [0.29, 0.717) is 0 Å². The predicted molar refractivity (Wildman–Crippen MR) is 37.8 cm³/mol. The molecule has 0 bridgehead atoms. The van der Waals surface area contributed by atoms with Gasteiger partial charge in [-0.3, -0.25) is 0 Å². The van der Waals surface area contributed by atoms with E-state index in [1.165, 1.54) is 32.2 Å². The van der Waals surface area contributed by atoms with E-state index in [1.54, 1.807) is 0 Å². The van der Waals surface area contributed by atoms with Gasteiger partial charge in [0.1, 0.15) is 0 Å². The minimum Gasteiger partial charge on any atom is -0.312 e. The fraction of sp³-hybridized carbons (Fsp3) is 0.875. The lowest BCUT2D eigenvalue weighted by atomic mass is 9.93. The van der Waals surface area contributed by atoms with Crippen LogP contribution in [0, 0.1) is 18.4 Å². The SMILES string of the molecule is [CH]1CC(C2CC2)CCN1. The van der Waals surface area contributed by atoms with Crippen LogP contribution in [0.2, 0.25) is 0 Å². The normalized spacial score (nSPS) is 30.7. The van der Waals surface area contributed by atoms with Crippen LogP contribution < -0.4 is 5.32 Å². The molecule has 1 heterocycles. The third-order valence-corrected chi connectivity index (χ3v) is 2.51. The number of hydrogen-bond acceptors (Lipinski definition) is 1. The lowest BCUT2D eigenvalue weighted by Gasteiger charge is -2.21. The summed E-state index contributed by atoms with van der Waals surface area (Å²) >= 11 is 0.